The topological polar surface area (TPSA) is 38.7 Å². The average Bonchev–Trinajstić information content (AvgIpc) is 1.65. The quantitative estimate of drug-likeness (QED) is 0.276. The normalized spacial score (nSPS) is 6.67. The molecule has 0 aliphatic rings. The van der Waals surface area contributed by atoms with Crippen LogP contribution in [0.3, 0.4) is 0 Å². The van der Waals surface area contributed by atoms with Crippen LogP contribution in [0.5, 0.6) is 0 Å². The van der Waals surface area contributed by atoms with Gasteiger partial charge in [0.25, 0.3) is 0 Å². The monoisotopic (exact) mass is 315 g/mol. The van der Waals surface area contributed by atoms with Crippen LogP contribution in [-0.4, -0.2) is 19.1 Å². The van der Waals surface area contributed by atoms with Crippen molar-refractivity contribution in [2.24, 2.45) is 0 Å². The number of halogens is 1. The molecule has 9 heavy (non-hydrogen) atoms. The Bertz CT molecular complexity index is 38.2. The summed E-state index contributed by atoms with van der Waals surface area (Å²) in [5.41, 5.74) is 0. The van der Waals surface area contributed by atoms with Gasteiger partial charge in [-0.2, -0.15) is 0 Å². The van der Waals surface area contributed by atoms with Crippen molar-refractivity contribution >= 4 is 8.60 Å². The molecule has 0 amide bonds. The summed E-state index contributed by atoms with van der Waals surface area (Å²) in [6.45, 7) is 0. The molecule has 0 aromatic carbocycles. The molecule has 0 spiro atoms. The van der Waals surface area contributed by atoms with Crippen LogP contribution >= 0.6 is 8.60 Å². The van der Waals surface area contributed by atoms with Crippen LogP contribution in [0.2, 0.25) is 0 Å². The second-order valence-electron chi connectivity index (χ2n) is 0.603. The molecule has 0 heterocycles. The molecule has 0 saturated carbocycles. The molecular weight excluding hydrogens is 305 g/mol. The Morgan fingerprint density at radius 2 is 1.44 bits per heavy atom. The van der Waals surface area contributed by atoms with Gasteiger partial charge < -0.3 is 45.3 Å². The van der Waals surface area contributed by atoms with E-state index in [1.54, 1.807) is 0 Å². The predicted molar refractivity (Wildman–Crippen MR) is 29.6 cm³/mol. The molecule has 0 aromatic rings. The first kappa shape index (κ1) is 22.4. The van der Waals surface area contributed by atoms with E-state index in [-0.39, 0.29) is 48.5 Å². The third-order valence-electron chi connectivity index (χ3n) is 0.312. The van der Waals surface area contributed by atoms with Gasteiger partial charge in [-0.25, -0.2) is 0 Å². The Morgan fingerprint density at radius 1 is 1.22 bits per heavy atom. The van der Waals surface area contributed by atoms with Crippen molar-refractivity contribution < 1.29 is 55.0 Å². The van der Waals surface area contributed by atoms with Crippen molar-refractivity contribution in [3.63, 3.8) is 0 Å². The molecule has 1 N–H and O–H groups in total. The summed E-state index contributed by atoms with van der Waals surface area (Å²) in [5.74, 6) is 0. The largest absolute Gasteiger partial charge is 2.00 e. The molecule has 1 radical (unpaired) electrons. The van der Waals surface area contributed by atoms with Gasteiger partial charge in [0.1, 0.15) is 0 Å². The Morgan fingerprint density at radius 3 is 1.44 bits per heavy atom. The zero-order chi connectivity index (χ0) is 4.99. The van der Waals surface area contributed by atoms with E-state index in [2.05, 4.69) is 9.05 Å². The average molecular weight is 316 g/mol. The van der Waals surface area contributed by atoms with Crippen LogP contribution in [0, 0.1) is 7.43 Å². The molecular formula is C3H10CuIO3P. The molecule has 0 aromatic heterocycles. The summed E-state index contributed by atoms with van der Waals surface area (Å²) in [4.78, 5) is 8.29. The number of rotatable bonds is 2. The molecule has 0 fully saturated rings. The van der Waals surface area contributed by atoms with Gasteiger partial charge in [0.2, 0.25) is 0 Å². The van der Waals surface area contributed by atoms with Crippen LogP contribution in [0.4, 0.5) is 0 Å². The summed E-state index contributed by atoms with van der Waals surface area (Å²) in [6.07, 6.45) is 0. The van der Waals surface area contributed by atoms with E-state index >= 15 is 0 Å². The van der Waals surface area contributed by atoms with Crippen LogP contribution < -0.4 is 24.0 Å². The van der Waals surface area contributed by atoms with E-state index in [0.29, 0.717) is 0 Å². The molecule has 0 atom stereocenters. The van der Waals surface area contributed by atoms with Crippen LogP contribution in [0.1, 0.15) is 0 Å². The first-order valence-electron chi connectivity index (χ1n) is 1.38. The maximum atomic E-state index is 8.29. The molecule has 3 nitrogen and oxygen atoms in total. The van der Waals surface area contributed by atoms with Gasteiger partial charge in [-0.3, -0.25) is 0 Å². The molecule has 63 valence electrons. The predicted octanol–water partition coefficient (Wildman–Crippen LogP) is -2.05. The second kappa shape index (κ2) is 16.3. The Hall–Kier alpha value is 1.56. The van der Waals surface area contributed by atoms with Crippen molar-refractivity contribution in [1.29, 1.82) is 0 Å². The van der Waals surface area contributed by atoms with Gasteiger partial charge in [-0.05, 0) is 0 Å². The molecule has 0 aliphatic heterocycles. The summed E-state index contributed by atoms with van der Waals surface area (Å²) >= 11 is 0. The van der Waals surface area contributed by atoms with Crippen LogP contribution in [0.25, 0.3) is 0 Å². The Balaban J connectivity index is -0.0000000417. The summed E-state index contributed by atoms with van der Waals surface area (Å²) in [5, 5.41) is 0. The minimum Gasteiger partial charge on any atom is -1.00 e. The summed E-state index contributed by atoms with van der Waals surface area (Å²) in [6, 6.07) is 0. The van der Waals surface area contributed by atoms with Crippen LogP contribution in [0.15, 0.2) is 0 Å². The van der Waals surface area contributed by atoms with E-state index in [9.17, 15) is 0 Å². The zero-order valence-corrected chi connectivity index (χ0v) is 9.38. The van der Waals surface area contributed by atoms with Crippen molar-refractivity contribution in [3.8, 4) is 0 Å². The fourth-order valence-corrected chi connectivity index (χ4v) is 0.224. The second-order valence-corrected chi connectivity index (χ2v) is 1.81. The fraction of sp³-hybridized carbons (Fsp3) is 0.667. The number of hydrogen-bond acceptors (Lipinski definition) is 3. The molecule has 0 saturated heterocycles. The van der Waals surface area contributed by atoms with Crippen molar-refractivity contribution in [1.82, 2.24) is 0 Å². The minimum atomic E-state index is -1.58. The molecule has 0 unspecified atom stereocenters. The van der Waals surface area contributed by atoms with E-state index in [1.807, 2.05) is 0 Å². The first-order valence-corrected chi connectivity index (χ1v) is 2.51. The van der Waals surface area contributed by atoms with Gasteiger partial charge >= 0.3 is 25.7 Å². The third-order valence-corrected chi connectivity index (χ3v) is 0.937. The smallest absolute Gasteiger partial charge is 1.00 e. The van der Waals surface area contributed by atoms with Gasteiger partial charge in [-0.15, -0.1) is 0 Å². The molecule has 0 rings (SSSR count). The van der Waals surface area contributed by atoms with Crippen molar-refractivity contribution in [3.05, 3.63) is 7.43 Å². The summed E-state index contributed by atoms with van der Waals surface area (Å²) in [7, 11) is 1.19. The van der Waals surface area contributed by atoms with Gasteiger partial charge in [0, 0.05) is 14.2 Å². The summed E-state index contributed by atoms with van der Waals surface area (Å²) < 4.78 is 8.59. The molecule has 6 heteroatoms. The zero-order valence-electron chi connectivity index (χ0n) is 5.39. The Kier molecular flexibility index (Phi) is 40.6. The van der Waals surface area contributed by atoms with E-state index in [1.165, 1.54) is 14.2 Å². The first-order chi connectivity index (χ1) is 2.81. The Labute approximate surface area is 85.0 Å². The maximum Gasteiger partial charge on any atom is 2.00 e. The SMILES string of the molecule is COP(O)OC.[CH3-].[Cu+2].[I-]. The number of hydrogen-bond donors (Lipinski definition) is 1. The third kappa shape index (κ3) is 17.7. The minimum absolute atomic E-state index is 0. The van der Waals surface area contributed by atoms with Crippen molar-refractivity contribution in [2.75, 3.05) is 14.2 Å². The van der Waals surface area contributed by atoms with Gasteiger partial charge in [-0.1, -0.05) is 0 Å². The van der Waals surface area contributed by atoms with Gasteiger partial charge in [0.15, 0.2) is 0 Å². The fourth-order valence-electron chi connectivity index (χ4n) is 0.0745. The van der Waals surface area contributed by atoms with E-state index in [0.717, 1.165) is 0 Å². The maximum absolute atomic E-state index is 8.29. The van der Waals surface area contributed by atoms with E-state index in [4.69, 9.17) is 4.89 Å². The molecule has 0 bridgehead atoms. The standard InChI is InChI=1S/C2H7O3P.CH3.Cu.HI/c1-4-6(3)5-2;;;/h3H,1-2H3;1H3;;1H/q;-1;+2;/p-1. The van der Waals surface area contributed by atoms with Crippen LogP contribution in [-0.2, 0) is 26.1 Å². The van der Waals surface area contributed by atoms with Gasteiger partial charge in [0.05, 0.1) is 0 Å². The van der Waals surface area contributed by atoms with Crippen molar-refractivity contribution in [2.45, 2.75) is 0 Å². The van der Waals surface area contributed by atoms with E-state index < -0.39 is 8.60 Å². The molecule has 0 aliphatic carbocycles.